The van der Waals surface area contributed by atoms with Crippen LogP contribution in [0.5, 0.6) is 0 Å². The molecule has 0 atom stereocenters. The molecule has 0 aliphatic heterocycles. The normalized spacial score (nSPS) is 15.0. The number of guanidine groups is 1. The van der Waals surface area contributed by atoms with Crippen LogP contribution in [0.4, 0.5) is 5.69 Å². The number of rotatable bonds is 8. The van der Waals surface area contributed by atoms with Gasteiger partial charge in [0.1, 0.15) is 0 Å². The summed E-state index contributed by atoms with van der Waals surface area (Å²) in [6.07, 6.45) is 5.55. The van der Waals surface area contributed by atoms with Gasteiger partial charge in [0.15, 0.2) is 5.96 Å². The van der Waals surface area contributed by atoms with Crippen molar-refractivity contribution in [3.8, 4) is 0 Å². The Hall–Kier alpha value is -2.04. The minimum atomic E-state index is 0.152. The molecule has 0 bridgehead atoms. The molecule has 1 aromatic carbocycles. The fraction of sp³-hybridized carbons (Fsp3) is 0.600. The summed E-state index contributed by atoms with van der Waals surface area (Å²) >= 11 is 0. The highest BCUT2D eigenvalue weighted by molar-refractivity contribution is 5.93. The van der Waals surface area contributed by atoms with Crippen molar-refractivity contribution in [1.82, 2.24) is 10.6 Å². The predicted molar refractivity (Wildman–Crippen MR) is 105 cm³/mol. The summed E-state index contributed by atoms with van der Waals surface area (Å²) in [4.78, 5) is 16.3. The largest absolute Gasteiger partial charge is 0.356 e. The highest BCUT2D eigenvalue weighted by atomic mass is 16.1. The van der Waals surface area contributed by atoms with Crippen LogP contribution in [0.3, 0.4) is 0 Å². The van der Waals surface area contributed by atoms with Crippen LogP contribution in [-0.2, 0) is 11.3 Å². The van der Waals surface area contributed by atoms with Gasteiger partial charge in [-0.1, -0.05) is 45.2 Å². The van der Waals surface area contributed by atoms with Gasteiger partial charge < -0.3 is 16.0 Å². The Morgan fingerprint density at radius 3 is 2.60 bits per heavy atom. The molecule has 0 spiro atoms. The Morgan fingerprint density at radius 1 is 1.24 bits per heavy atom. The molecular formula is C20H32N4O. The lowest BCUT2D eigenvalue weighted by atomic mass is 9.85. The van der Waals surface area contributed by atoms with Gasteiger partial charge in [0.25, 0.3) is 0 Å². The van der Waals surface area contributed by atoms with Crippen LogP contribution in [0, 0.1) is 11.8 Å². The van der Waals surface area contributed by atoms with Gasteiger partial charge in [-0.2, -0.15) is 0 Å². The summed E-state index contributed by atoms with van der Waals surface area (Å²) in [5, 5.41) is 9.76. The highest BCUT2D eigenvalue weighted by Gasteiger charge is 2.25. The second-order valence-corrected chi connectivity index (χ2v) is 6.81. The van der Waals surface area contributed by atoms with Crippen molar-refractivity contribution >= 4 is 17.6 Å². The molecular weight excluding hydrogens is 312 g/mol. The second-order valence-electron chi connectivity index (χ2n) is 6.81. The fourth-order valence-corrected chi connectivity index (χ4v) is 2.90. The second kappa shape index (κ2) is 10.1. The molecule has 1 aliphatic rings. The number of benzene rings is 1. The number of hydrogen-bond donors (Lipinski definition) is 3. The third-order valence-electron chi connectivity index (χ3n) is 5.07. The molecule has 0 saturated heterocycles. The van der Waals surface area contributed by atoms with Gasteiger partial charge in [-0.25, -0.2) is 0 Å². The van der Waals surface area contributed by atoms with E-state index in [0.29, 0.717) is 12.5 Å². The maximum absolute atomic E-state index is 12.1. The van der Waals surface area contributed by atoms with E-state index in [0.717, 1.165) is 36.6 Å². The Bertz CT molecular complexity index is 577. The molecule has 1 amide bonds. The highest BCUT2D eigenvalue weighted by Crippen LogP contribution is 2.27. The fourth-order valence-electron chi connectivity index (χ4n) is 2.90. The number of hydrogen-bond acceptors (Lipinski definition) is 2. The number of aliphatic imine (C=N–C) groups is 1. The van der Waals surface area contributed by atoms with E-state index in [1.807, 2.05) is 18.2 Å². The van der Waals surface area contributed by atoms with Crippen LogP contribution in [0.15, 0.2) is 29.3 Å². The van der Waals surface area contributed by atoms with Gasteiger partial charge in [-0.3, -0.25) is 9.79 Å². The van der Waals surface area contributed by atoms with Crippen LogP contribution in [-0.4, -0.2) is 25.5 Å². The maximum Gasteiger partial charge on any atom is 0.227 e. The molecule has 5 nitrogen and oxygen atoms in total. The van der Waals surface area contributed by atoms with Crippen molar-refractivity contribution in [2.24, 2.45) is 16.8 Å². The SMILES string of the molecule is CCC(CC)CNC(=NC)NCc1cccc(NC(=O)C2CCC2)c1. The van der Waals surface area contributed by atoms with E-state index >= 15 is 0 Å². The van der Waals surface area contributed by atoms with E-state index in [9.17, 15) is 4.79 Å². The third kappa shape index (κ3) is 6.07. The quantitative estimate of drug-likeness (QED) is 0.499. The first kappa shape index (κ1) is 19.3. The van der Waals surface area contributed by atoms with Crippen molar-refractivity contribution in [1.29, 1.82) is 0 Å². The smallest absolute Gasteiger partial charge is 0.227 e. The Labute approximate surface area is 151 Å². The van der Waals surface area contributed by atoms with E-state index in [1.165, 1.54) is 19.3 Å². The summed E-state index contributed by atoms with van der Waals surface area (Å²) < 4.78 is 0. The van der Waals surface area contributed by atoms with Crippen molar-refractivity contribution < 1.29 is 4.79 Å². The van der Waals surface area contributed by atoms with Crippen molar-refractivity contribution in [2.75, 3.05) is 18.9 Å². The molecule has 2 rings (SSSR count). The molecule has 1 fully saturated rings. The van der Waals surface area contributed by atoms with E-state index in [2.05, 4.69) is 40.9 Å². The number of carbonyl (C=O) groups excluding carboxylic acids is 1. The van der Waals surface area contributed by atoms with Crippen molar-refractivity contribution in [3.05, 3.63) is 29.8 Å². The zero-order valence-electron chi connectivity index (χ0n) is 15.8. The summed E-state index contributed by atoms with van der Waals surface area (Å²) in [6.45, 7) is 6.05. The first-order valence-electron chi connectivity index (χ1n) is 9.50. The minimum absolute atomic E-state index is 0.152. The Morgan fingerprint density at radius 2 is 2.00 bits per heavy atom. The molecule has 0 aromatic heterocycles. The average Bonchev–Trinajstić information content (AvgIpc) is 2.57. The predicted octanol–water partition coefficient (Wildman–Crippen LogP) is 3.53. The zero-order valence-corrected chi connectivity index (χ0v) is 15.8. The first-order chi connectivity index (χ1) is 12.2. The minimum Gasteiger partial charge on any atom is -0.356 e. The van der Waals surface area contributed by atoms with Crippen LogP contribution in [0.25, 0.3) is 0 Å². The number of carbonyl (C=O) groups is 1. The lowest BCUT2D eigenvalue weighted by Crippen LogP contribution is -2.39. The van der Waals surface area contributed by atoms with E-state index in [-0.39, 0.29) is 11.8 Å². The molecule has 1 aromatic rings. The Kier molecular flexibility index (Phi) is 7.76. The van der Waals surface area contributed by atoms with Gasteiger partial charge in [0, 0.05) is 31.7 Å². The average molecular weight is 345 g/mol. The van der Waals surface area contributed by atoms with E-state index < -0.39 is 0 Å². The Balaban J connectivity index is 1.82. The van der Waals surface area contributed by atoms with E-state index in [4.69, 9.17) is 0 Å². The summed E-state index contributed by atoms with van der Waals surface area (Å²) in [5.41, 5.74) is 1.99. The monoisotopic (exact) mass is 344 g/mol. The molecule has 1 aliphatic carbocycles. The van der Waals surface area contributed by atoms with Gasteiger partial charge in [-0.15, -0.1) is 0 Å². The molecule has 5 heteroatoms. The standard InChI is InChI=1S/C20H32N4O/c1-4-15(5-2)13-22-20(21-3)23-14-16-8-6-11-18(12-16)24-19(25)17-9-7-10-17/h6,8,11-12,15,17H,4-5,7,9-10,13-14H2,1-3H3,(H,24,25)(H2,21,22,23). The number of nitrogens with zero attached hydrogens (tertiary/aromatic N) is 1. The summed E-state index contributed by atoms with van der Waals surface area (Å²) in [6, 6.07) is 8.01. The van der Waals surface area contributed by atoms with Gasteiger partial charge >= 0.3 is 0 Å². The van der Waals surface area contributed by atoms with E-state index in [1.54, 1.807) is 7.05 Å². The van der Waals surface area contributed by atoms with Crippen LogP contribution in [0.2, 0.25) is 0 Å². The molecule has 0 unspecified atom stereocenters. The van der Waals surface area contributed by atoms with Gasteiger partial charge in [0.05, 0.1) is 0 Å². The molecule has 0 heterocycles. The topological polar surface area (TPSA) is 65.5 Å². The van der Waals surface area contributed by atoms with Crippen molar-refractivity contribution in [2.45, 2.75) is 52.5 Å². The molecule has 0 radical (unpaired) electrons. The molecule has 3 N–H and O–H groups in total. The summed E-state index contributed by atoms with van der Waals surface area (Å²) in [5.74, 6) is 1.84. The lowest BCUT2D eigenvalue weighted by molar-refractivity contribution is -0.122. The maximum atomic E-state index is 12.1. The summed E-state index contributed by atoms with van der Waals surface area (Å²) in [7, 11) is 1.79. The first-order valence-corrected chi connectivity index (χ1v) is 9.50. The lowest BCUT2D eigenvalue weighted by Gasteiger charge is -2.24. The van der Waals surface area contributed by atoms with Crippen molar-refractivity contribution in [3.63, 3.8) is 0 Å². The third-order valence-corrected chi connectivity index (χ3v) is 5.07. The number of anilines is 1. The van der Waals surface area contributed by atoms with Gasteiger partial charge in [-0.05, 0) is 36.5 Å². The molecule has 25 heavy (non-hydrogen) atoms. The molecule has 138 valence electrons. The van der Waals surface area contributed by atoms with Gasteiger partial charge in [0.2, 0.25) is 5.91 Å². The number of nitrogens with one attached hydrogen (secondary N) is 3. The van der Waals surface area contributed by atoms with Crippen LogP contribution >= 0.6 is 0 Å². The zero-order chi connectivity index (χ0) is 18.1. The van der Waals surface area contributed by atoms with Crippen LogP contribution in [0.1, 0.15) is 51.5 Å². The number of amides is 1. The van der Waals surface area contributed by atoms with Crippen LogP contribution < -0.4 is 16.0 Å². The molecule has 1 saturated carbocycles.